The van der Waals surface area contributed by atoms with E-state index in [9.17, 15) is 19.5 Å². The molecular formula is C37H46BrN3O6. The highest BCUT2D eigenvalue weighted by atomic mass is 79.9. The molecule has 3 amide bonds. The molecule has 2 aromatic carbocycles. The first-order chi connectivity index (χ1) is 22.8. The monoisotopic (exact) mass is 707 g/mol. The van der Waals surface area contributed by atoms with Gasteiger partial charge in [-0.25, -0.2) is 0 Å². The van der Waals surface area contributed by atoms with Crippen LogP contribution < -0.4 is 9.64 Å². The number of benzene rings is 2. The fourth-order valence-electron chi connectivity index (χ4n) is 7.65. The highest BCUT2D eigenvalue weighted by Gasteiger charge is 2.77. The van der Waals surface area contributed by atoms with E-state index in [0.717, 1.165) is 18.4 Å². The van der Waals surface area contributed by atoms with Crippen LogP contribution in [0.1, 0.15) is 38.7 Å². The molecule has 0 aromatic heterocycles. The van der Waals surface area contributed by atoms with E-state index in [2.05, 4.69) is 36.0 Å². The highest BCUT2D eigenvalue weighted by Crippen LogP contribution is 2.61. The van der Waals surface area contributed by atoms with Crippen molar-refractivity contribution in [3.8, 4) is 5.75 Å². The highest BCUT2D eigenvalue weighted by molar-refractivity contribution is 9.09. The fraction of sp³-hybridized carbons (Fsp3) is 0.486. The van der Waals surface area contributed by atoms with Gasteiger partial charge in [-0.05, 0) is 56.0 Å². The minimum atomic E-state index is -1.25. The van der Waals surface area contributed by atoms with Crippen LogP contribution in [0.2, 0.25) is 0 Å². The molecular weight excluding hydrogens is 662 g/mol. The van der Waals surface area contributed by atoms with Gasteiger partial charge in [0.15, 0.2) is 0 Å². The normalized spacial score (nSPS) is 26.5. The maximum atomic E-state index is 14.8. The third-order valence-corrected chi connectivity index (χ3v) is 10.5. The first-order valence-corrected chi connectivity index (χ1v) is 17.5. The number of carbonyl (C=O) groups is 3. The van der Waals surface area contributed by atoms with Crippen molar-refractivity contribution in [3.63, 3.8) is 0 Å². The van der Waals surface area contributed by atoms with Crippen molar-refractivity contribution in [2.24, 2.45) is 11.8 Å². The summed E-state index contributed by atoms with van der Waals surface area (Å²) >= 11 is 3.79. The third kappa shape index (κ3) is 6.52. The number of ether oxygens (including phenoxy) is 2. The molecule has 1 N–H and O–H groups in total. The average molecular weight is 709 g/mol. The largest absolute Gasteiger partial charge is 0.494 e. The first-order valence-electron chi connectivity index (χ1n) is 16.6. The first kappa shape index (κ1) is 34.9. The van der Waals surface area contributed by atoms with E-state index < -0.39 is 35.6 Å². The van der Waals surface area contributed by atoms with Crippen LogP contribution in [0.15, 0.2) is 79.9 Å². The van der Waals surface area contributed by atoms with Gasteiger partial charge in [-0.3, -0.25) is 14.4 Å². The van der Waals surface area contributed by atoms with Crippen molar-refractivity contribution >= 4 is 39.3 Å². The average Bonchev–Trinajstić information content (AvgIpc) is 3.68. The Bertz CT molecular complexity index is 1440. The van der Waals surface area contributed by atoms with Crippen molar-refractivity contribution in [1.82, 2.24) is 9.80 Å². The van der Waals surface area contributed by atoms with Crippen LogP contribution in [-0.4, -0.2) is 94.1 Å². The number of hydrogen-bond acceptors (Lipinski definition) is 6. The molecule has 3 unspecified atom stereocenters. The van der Waals surface area contributed by atoms with Crippen molar-refractivity contribution < 1.29 is 29.0 Å². The maximum absolute atomic E-state index is 14.8. The Morgan fingerprint density at radius 3 is 2.43 bits per heavy atom. The lowest BCUT2D eigenvalue weighted by atomic mass is 9.70. The number of unbranched alkanes of at least 4 members (excludes halogenated alkanes) is 1. The number of rotatable bonds is 16. The zero-order valence-corrected chi connectivity index (χ0v) is 28.9. The van der Waals surface area contributed by atoms with E-state index in [0.29, 0.717) is 44.0 Å². The van der Waals surface area contributed by atoms with Gasteiger partial charge in [0.25, 0.3) is 0 Å². The van der Waals surface area contributed by atoms with Crippen LogP contribution in [0.4, 0.5) is 5.69 Å². The predicted molar refractivity (Wildman–Crippen MR) is 185 cm³/mol. The molecule has 47 heavy (non-hydrogen) atoms. The van der Waals surface area contributed by atoms with Gasteiger partial charge >= 0.3 is 0 Å². The number of nitrogens with zero attached hydrogens (tertiary/aromatic N) is 3. The van der Waals surface area contributed by atoms with Crippen LogP contribution in [0, 0.1) is 11.8 Å². The molecule has 252 valence electrons. The SMILES string of the molecule is C=CCN(CCCC)C(=O)C1N([C@@H](CO)Cc2ccccc2)C(=O)[C@@H]2[C@H](C(=O)N(CC=C)c3ccc(OCC)cc3)[C@H]3OC12CC3Br. The van der Waals surface area contributed by atoms with Gasteiger partial charge < -0.3 is 29.3 Å². The molecule has 3 fully saturated rings. The van der Waals surface area contributed by atoms with E-state index in [4.69, 9.17) is 9.47 Å². The number of aliphatic hydroxyl groups is 1. The second kappa shape index (κ2) is 15.2. The molecule has 5 rings (SSSR count). The number of carbonyl (C=O) groups excluding carboxylic acids is 3. The fourth-order valence-corrected chi connectivity index (χ4v) is 8.59. The number of hydrogen-bond donors (Lipinski definition) is 1. The van der Waals surface area contributed by atoms with Gasteiger partial charge in [0.2, 0.25) is 17.7 Å². The van der Waals surface area contributed by atoms with Crippen molar-refractivity contribution in [2.45, 2.75) is 68.1 Å². The molecule has 7 atom stereocenters. The van der Waals surface area contributed by atoms with Crippen LogP contribution >= 0.6 is 15.9 Å². The summed E-state index contributed by atoms with van der Waals surface area (Å²) in [4.78, 5) is 48.9. The number of alkyl halides is 1. The van der Waals surface area contributed by atoms with Gasteiger partial charge in [0.1, 0.15) is 17.4 Å². The molecule has 3 aliphatic rings. The number of amides is 3. The molecule has 1 spiro atoms. The van der Waals surface area contributed by atoms with E-state index >= 15 is 0 Å². The molecule has 10 heteroatoms. The van der Waals surface area contributed by atoms with Gasteiger partial charge in [0.05, 0.1) is 37.2 Å². The predicted octanol–water partition coefficient (Wildman–Crippen LogP) is 4.77. The summed E-state index contributed by atoms with van der Waals surface area (Å²) in [6.45, 7) is 12.9. The molecule has 3 heterocycles. The number of fused-ring (bicyclic) bond motifs is 1. The second-order valence-electron chi connectivity index (χ2n) is 12.5. The molecule has 0 radical (unpaired) electrons. The zero-order chi connectivity index (χ0) is 33.7. The standard InChI is InChI=1S/C37H46BrN3O6/c1-5-9-21-39(19-6-2)36(45)33-37-23-29(38)32(47-37)30(34(43)40(20-7-3)26-15-17-28(18-16-26)46-8-4)31(37)35(44)41(33)27(24-42)22-25-13-11-10-12-14-25/h6-7,10-18,27,29-33,42H,2-3,5,8-9,19-24H2,1,4H3/t27-,29?,30+,31+,32+,33?,37?/m1/s1. The van der Waals surface area contributed by atoms with Crippen LogP contribution in [0.3, 0.4) is 0 Å². The molecule has 3 aliphatic heterocycles. The van der Waals surface area contributed by atoms with Crippen LogP contribution in [0.5, 0.6) is 5.75 Å². The second-order valence-corrected chi connectivity index (χ2v) is 13.7. The number of halogens is 1. The number of likely N-dealkylation sites (tertiary alicyclic amines) is 1. The Labute approximate surface area is 286 Å². The van der Waals surface area contributed by atoms with Gasteiger partial charge in [-0.15, -0.1) is 13.2 Å². The molecule has 2 aromatic rings. The minimum Gasteiger partial charge on any atom is -0.494 e. The Morgan fingerprint density at radius 2 is 1.81 bits per heavy atom. The third-order valence-electron chi connectivity index (χ3n) is 9.64. The van der Waals surface area contributed by atoms with Crippen molar-refractivity contribution in [1.29, 1.82) is 0 Å². The summed E-state index contributed by atoms with van der Waals surface area (Å²) in [5.74, 6) is -1.92. The van der Waals surface area contributed by atoms with Gasteiger partial charge in [-0.1, -0.05) is 71.8 Å². The van der Waals surface area contributed by atoms with Crippen molar-refractivity contribution in [3.05, 3.63) is 85.5 Å². The molecule has 0 aliphatic carbocycles. The topological polar surface area (TPSA) is 99.6 Å². The molecule has 0 saturated carbocycles. The lowest BCUT2D eigenvalue weighted by molar-refractivity contribution is -0.151. The van der Waals surface area contributed by atoms with Crippen molar-refractivity contribution in [2.75, 3.05) is 37.7 Å². The summed E-state index contributed by atoms with van der Waals surface area (Å²) < 4.78 is 12.4. The lowest BCUT2D eigenvalue weighted by Gasteiger charge is -2.39. The summed E-state index contributed by atoms with van der Waals surface area (Å²) in [5.41, 5.74) is 0.324. The van der Waals surface area contributed by atoms with Gasteiger partial charge in [0, 0.05) is 30.1 Å². The maximum Gasteiger partial charge on any atom is 0.248 e. The smallest absolute Gasteiger partial charge is 0.248 e. The Balaban J connectivity index is 1.58. The summed E-state index contributed by atoms with van der Waals surface area (Å²) in [6, 6.07) is 15.2. The number of anilines is 1. The summed E-state index contributed by atoms with van der Waals surface area (Å²) in [5, 5.41) is 10.8. The lowest BCUT2D eigenvalue weighted by Crippen LogP contribution is -2.59. The van der Waals surface area contributed by atoms with Crippen LogP contribution in [0.25, 0.3) is 0 Å². The van der Waals surface area contributed by atoms with Crippen LogP contribution in [-0.2, 0) is 25.5 Å². The Hall–Kier alpha value is -3.47. The molecule has 9 nitrogen and oxygen atoms in total. The Morgan fingerprint density at radius 1 is 1.11 bits per heavy atom. The van der Waals surface area contributed by atoms with E-state index in [1.54, 1.807) is 26.9 Å². The summed E-state index contributed by atoms with van der Waals surface area (Å²) in [6.07, 6.45) is 5.13. The zero-order valence-electron chi connectivity index (χ0n) is 27.3. The van der Waals surface area contributed by atoms with E-state index in [-0.39, 0.29) is 35.7 Å². The van der Waals surface area contributed by atoms with E-state index in [1.807, 2.05) is 61.5 Å². The molecule has 2 bridgehead atoms. The molecule has 3 saturated heterocycles. The number of aliphatic hydroxyl groups excluding tert-OH is 1. The minimum absolute atomic E-state index is 0.223. The quantitative estimate of drug-likeness (QED) is 0.199. The van der Waals surface area contributed by atoms with E-state index in [1.165, 1.54) is 0 Å². The Kier molecular flexibility index (Phi) is 11.3. The summed E-state index contributed by atoms with van der Waals surface area (Å²) in [7, 11) is 0. The van der Waals surface area contributed by atoms with Gasteiger partial charge in [-0.2, -0.15) is 0 Å².